The van der Waals surface area contributed by atoms with Gasteiger partial charge in [0.25, 0.3) is 0 Å². The molecular formula is C18H10Cl3NO2. The molecule has 0 N–H and O–H groups in total. The van der Waals surface area contributed by atoms with E-state index < -0.39 is 5.97 Å². The smallest absolute Gasteiger partial charge is 0.363 e. The number of hydrogen-bond acceptors (Lipinski definition) is 3. The Bertz CT molecular complexity index is 886. The maximum Gasteiger partial charge on any atom is 0.363 e. The minimum Gasteiger partial charge on any atom is -0.402 e. The third-order valence-electron chi connectivity index (χ3n) is 3.17. The minimum atomic E-state index is -0.573. The van der Waals surface area contributed by atoms with E-state index in [2.05, 4.69) is 4.99 Å². The average Bonchev–Trinajstić information content (AvgIpc) is 2.92. The van der Waals surface area contributed by atoms with Gasteiger partial charge in [0.2, 0.25) is 5.90 Å². The van der Waals surface area contributed by atoms with Crippen LogP contribution in [0.2, 0.25) is 10.0 Å². The Hall–Kier alpha value is -2.07. The van der Waals surface area contributed by atoms with Crippen LogP contribution in [0.1, 0.15) is 11.1 Å². The second-order valence-electron chi connectivity index (χ2n) is 4.90. The summed E-state index contributed by atoms with van der Waals surface area (Å²) < 4.78 is 5.16. The Labute approximate surface area is 153 Å². The molecule has 0 fully saturated rings. The minimum absolute atomic E-state index is 0.119. The van der Waals surface area contributed by atoms with Crippen molar-refractivity contribution in [3.05, 3.63) is 86.5 Å². The molecule has 1 aliphatic heterocycles. The quantitative estimate of drug-likeness (QED) is 0.525. The monoisotopic (exact) mass is 377 g/mol. The summed E-state index contributed by atoms with van der Waals surface area (Å²) in [5, 5.41) is 1.13. The maximum atomic E-state index is 11.9. The number of nitrogens with zero attached hydrogens (tertiary/aromatic N) is 1. The Kier molecular flexibility index (Phi) is 5.05. The van der Waals surface area contributed by atoms with Crippen molar-refractivity contribution >= 4 is 52.7 Å². The van der Waals surface area contributed by atoms with Crippen LogP contribution in [0.25, 0.3) is 6.08 Å². The molecule has 2 aromatic carbocycles. The number of ether oxygens (including phenoxy) is 1. The average molecular weight is 379 g/mol. The largest absolute Gasteiger partial charge is 0.402 e. The van der Waals surface area contributed by atoms with Gasteiger partial charge in [-0.05, 0) is 35.9 Å². The van der Waals surface area contributed by atoms with Gasteiger partial charge >= 0.3 is 5.97 Å². The number of cyclic esters (lactones) is 1. The molecule has 0 unspecified atom stereocenters. The maximum absolute atomic E-state index is 11.9. The molecule has 0 amide bonds. The second-order valence-corrected chi connectivity index (χ2v) is 6.16. The first-order chi connectivity index (χ1) is 11.5. The molecule has 24 heavy (non-hydrogen) atoms. The lowest BCUT2D eigenvalue weighted by Gasteiger charge is -2.01. The molecule has 3 rings (SSSR count). The molecule has 1 heterocycles. The van der Waals surface area contributed by atoms with Crippen LogP contribution in [-0.2, 0) is 9.53 Å². The molecular weight excluding hydrogens is 369 g/mol. The lowest BCUT2D eigenvalue weighted by atomic mass is 10.2. The molecule has 0 spiro atoms. The second kappa shape index (κ2) is 7.22. The van der Waals surface area contributed by atoms with E-state index in [-0.39, 0.29) is 11.6 Å². The number of allylic oxidation sites excluding steroid dienone is 2. The van der Waals surface area contributed by atoms with Gasteiger partial charge in [-0.25, -0.2) is 9.79 Å². The Morgan fingerprint density at radius 3 is 2.50 bits per heavy atom. The molecule has 0 aromatic heterocycles. The number of hydrogen-bond donors (Lipinski definition) is 0. The normalized spacial score (nSPS) is 16.3. The first-order valence-corrected chi connectivity index (χ1v) is 8.06. The van der Waals surface area contributed by atoms with Gasteiger partial charge in [-0.1, -0.05) is 65.1 Å². The first kappa shape index (κ1) is 16.8. The van der Waals surface area contributed by atoms with E-state index in [1.807, 2.05) is 30.3 Å². The van der Waals surface area contributed by atoms with E-state index in [1.54, 1.807) is 24.3 Å². The lowest BCUT2D eigenvalue weighted by Crippen LogP contribution is -2.05. The van der Waals surface area contributed by atoms with Gasteiger partial charge < -0.3 is 4.74 Å². The van der Waals surface area contributed by atoms with Gasteiger partial charge in [0, 0.05) is 10.6 Å². The summed E-state index contributed by atoms with van der Waals surface area (Å²) in [4.78, 5) is 16.1. The predicted octanol–water partition coefficient (Wildman–Crippen LogP) is 5.46. The third-order valence-corrected chi connectivity index (χ3v) is 4.12. The summed E-state index contributed by atoms with van der Waals surface area (Å²) in [7, 11) is 0. The predicted molar refractivity (Wildman–Crippen MR) is 97.4 cm³/mol. The van der Waals surface area contributed by atoms with Crippen molar-refractivity contribution in [2.45, 2.75) is 0 Å². The van der Waals surface area contributed by atoms with Gasteiger partial charge in [0.1, 0.15) is 0 Å². The zero-order valence-electron chi connectivity index (χ0n) is 12.2. The van der Waals surface area contributed by atoms with Crippen molar-refractivity contribution in [2.75, 3.05) is 0 Å². The number of halogens is 3. The molecule has 0 bridgehead atoms. The fourth-order valence-electron chi connectivity index (χ4n) is 2.04. The molecule has 120 valence electrons. The molecule has 0 saturated carbocycles. The van der Waals surface area contributed by atoms with Crippen LogP contribution < -0.4 is 0 Å². The van der Waals surface area contributed by atoms with Crippen LogP contribution in [-0.4, -0.2) is 11.9 Å². The molecule has 0 radical (unpaired) electrons. The van der Waals surface area contributed by atoms with E-state index in [4.69, 9.17) is 39.5 Å². The number of carbonyl (C=O) groups is 1. The molecule has 1 aliphatic rings. The first-order valence-electron chi connectivity index (χ1n) is 6.93. The number of rotatable bonds is 3. The molecule has 0 saturated heterocycles. The van der Waals surface area contributed by atoms with Crippen molar-refractivity contribution in [3.63, 3.8) is 0 Å². The Morgan fingerprint density at radius 1 is 1.04 bits per heavy atom. The molecule has 2 aromatic rings. The third kappa shape index (κ3) is 3.88. The van der Waals surface area contributed by atoms with Crippen LogP contribution >= 0.6 is 34.8 Å². The topological polar surface area (TPSA) is 38.7 Å². The molecule has 3 nitrogen and oxygen atoms in total. The van der Waals surface area contributed by atoms with E-state index in [9.17, 15) is 4.79 Å². The molecule has 6 heteroatoms. The fourth-order valence-corrected chi connectivity index (χ4v) is 2.57. The van der Waals surface area contributed by atoms with E-state index in [0.717, 1.165) is 5.56 Å². The summed E-state index contributed by atoms with van der Waals surface area (Å²) in [6.45, 7) is 0. The summed E-state index contributed by atoms with van der Waals surface area (Å²) >= 11 is 18.0. The van der Waals surface area contributed by atoms with Crippen LogP contribution in [0.3, 0.4) is 0 Å². The van der Waals surface area contributed by atoms with Crippen molar-refractivity contribution < 1.29 is 9.53 Å². The van der Waals surface area contributed by atoms with Crippen LogP contribution in [0.5, 0.6) is 0 Å². The summed E-state index contributed by atoms with van der Waals surface area (Å²) in [6.07, 6.45) is 3.19. The number of benzene rings is 2. The van der Waals surface area contributed by atoms with Gasteiger partial charge in [-0.3, -0.25) is 0 Å². The summed E-state index contributed by atoms with van der Waals surface area (Å²) in [6, 6.07) is 14.4. The Morgan fingerprint density at radius 2 is 1.79 bits per heavy atom. The van der Waals surface area contributed by atoms with Crippen LogP contribution in [0, 0.1) is 0 Å². The van der Waals surface area contributed by atoms with Crippen LogP contribution in [0.15, 0.2) is 70.3 Å². The highest BCUT2D eigenvalue weighted by Gasteiger charge is 2.24. The van der Waals surface area contributed by atoms with Crippen molar-refractivity contribution in [2.24, 2.45) is 4.99 Å². The number of carbonyl (C=O) groups excluding carboxylic acids is 1. The van der Waals surface area contributed by atoms with Crippen molar-refractivity contribution in [3.8, 4) is 0 Å². The van der Waals surface area contributed by atoms with Gasteiger partial charge in [-0.2, -0.15) is 0 Å². The van der Waals surface area contributed by atoms with Gasteiger partial charge in [0.15, 0.2) is 5.70 Å². The molecule has 0 atom stereocenters. The lowest BCUT2D eigenvalue weighted by molar-refractivity contribution is -0.130. The number of esters is 1. The number of aliphatic imine (C=N–C) groups is 1. The Balaban J connectivity index is 1.88. The highest BCUT2D eigenvalue weighted by molar-refractivity contribution is 6.42. The van der Waals surface area contributed by atoms with Gasteiger partial charge in [-0.15, -0.1) is 0 Å². The van der Waals surface area contributed by atoms with Gasteiger partial charge in [0.05, 0.1) is 10.0 Å². The zero-order chi connectivity index (χ0) is 17.1. The van der Waals surface area contributed by atoms with E-state index in [1.165, 1.54) is 6.08 Å². The SMILES string of the molecule is O=C1OC(c2ccc(Cl)c(Cl)c2)=N/C1=C\C(Cl)=C\c1ccccc1. The van der Waals surface area contributed by atoms with Crippen molar-refractivity contribution in [1.82, 2.24) is 0 Å². The standard InChI is InChI=1S/C18H10Cl3NO2/c19-13(8-11-4-2-1-3-5-11)10-16-18(23)24-17(22-16)12-6-7-14(20)15(21)9-12/h1-10H/b13-8-,16-10-. The van der Waals surface area contributed by atoms with E-state index >= 15 is 0 Å². The van der Waals surface area contributed by atoms with E-state index in [0.29, 0.717) is 20.6 Å². The summed E-state index contributed by atoms with van der Waals surface area (Å²) in [5.74, 6) is -0.412. The highest BCUT2D eigenvalue weighted by atomic mass is 35.5. The molecule has 0 aliphatic carbocycles. The zero-order valence-corrected chi connectivity index (χ0v) is 14.4. The van der Waals surface area contributed by atoms with Crippen LogP contribution in [0.4, 0.5) is 0 Å². The highest BCUT2D eigenvalue weighted by Crippen LogP contribution is 2.26. The fraction of sp³-hybridized carbons (Fsp3) is 0. The summed E-state index contributed by atoms with van der Waals surface area (Å²) in [5.41, 5.74) is 1.59. The van der Waals surface area contributed by atoms with Crippen molar-refractivity contribution in [1.29, 1.82) is 0 Å².